The number of methoxy groups -OCH3 is 1. The van der Waals surface area contributed by atoms with Gasteiger partial charge in [0, 0.05) is 15.6 Å². The predicted molar refractivity (Wildman–Crippen MR) is 112 cm³/mol. The van der Waals surface area contributed by atoms with Crippen LogP contribution in [-0.2, 0) is 9.53 Å². The Morgan fingerprint density at radius 1 is 1.24 bits per heavy atom. The molecule has 0 saturated carbocycles. The van der Waals surface area contributed by atoms with Crippen LogP contribution in [0.4, 0.5) is 0 Å². The standard InChI is InChI=1S/C22H21BrO6/c1-5-27-22(25)13(3)28-17-9-7-16-20(24)19(29-21(16)12(17)2)11-14-10-15(23)6-8-18(14)26-4/h6-11,13H,5H2,1-4H3/b19-11-. The Kier molecular flexibility index (Phi) is 6.27. The number of hydrogen-bond donors (Lipinski definition) is 0. The zero-order valence-corrected chi connectivity index (χ0v) is 18.2. The van der Waals surface area contributed by atoms with Gasteiger partial charge in [-0.3, -0.25) is 4.79 Å². The average Bonchev–Trinajstić information content (AvgIpc) is 3.01. The molecule has 0 amide bonds. The van der Waals surface area contributed by atoms with Gasteiger partial charge in [0.1, 0.15) is 17.2 Å². The number of fused-ring (bicyclic) bond motifs is 1. The second-order valence-corrected chi connectivity index (χ2v) is 7.32. The molecular formula is C22H21BrO6. The molecule has 3 rings (SSSR count). The lowest BCUT2D eigenvalue weighted by Crippen LogP contribution is -2.26. The van der Waals surface area contributed by atoms with Crippen LogP contribution in [0, 0.1) is 6.92 Å². The van der Waals surface area contributed by atoms with E-state index in [2.05, 4.69) is 15.9 Å². The molecule has 0 fully saturated rings. The monoisotopic (exact) mass is 460 g/mol. The first kappa shape index (κ1) is 20.9. The summed E-state index contributed by atoms with van der Waals surface area (Å²) in [6.45, 7) is 5.41. The molecule has 0 radical (unpaired) electrons. The van der Waals surface area contributed by atoms with Gasteiger partial charge in [-0.2, -0.15) is 0 Å². The summed E-state index contributed by atoms with van der Waals surface area (Å²) >= 11 is 3.42. The second-order valence-electron chi connectivity index (χ2n) is 6.40. The molecule has 0 spiro atoms. The van der Waals surface area contributed by atoms with Crippen LogP contribution in [0.2, 0.25) is 0 Å². The molecule has 0 saturated heterocycles. The van der Waals surface area contributed by atoms with Crippen LogP contribution in [0.5, 0.6) is 17.2 Å². The fourth-order valence-electron chi connectivity index (χ4n) is 2.95. The van der Waals surface area contributed by atoms with Crippen molar-refractivity contribution in [3.05, 3.63) is 57.3 Å². The summed E-state index contributed by atoms with van der Waals surface area (Å²) in [5.74, 6) is 1.01. The molecule has 2 aromatic rings. The Morgan fingerprint density at radius 3 is 2.66 bits per heavy atom. The molecule has 6 nitrogen and oxygen atoms in total. The summed E-state index contributed by atoms with van der Waals surface area (Å²) in [4.78, 5) is 24.6. The van der Waals surface area contributed by atoms with Crippen molar-refractivity contribution < 1.29 is 28.5 Å². The maximum Gasteiger partial charge on any atom is 0.347 e. The van der Waals surface area contributed by atoms with Crippen LogP contribution >= 0.6 is 15.9 Å². The lowest BCUT2D eigenvalue weighted by Gasteiger charge is -2.16. The third kappa shape index (κ3) is 4.29. The number of rotatable bonds is 6. The van der Waals surface area contributed by atoms with E-state index in [4.69, 9.17) is 18.9 Å². The molecule has 0 aliphatic carbocycles. The van der Waals surface area contributed by atoms with E-state index in [1.54, 1.807) is 52.2 Å². The molecule has 1 heterocycles. The van der Waals surface area contributed by atoms with Gasteiger partial charge >= 0.3 is 5.97 Å². The minimum absolute atomic E-state index is 0.190. The molecule has 7 heteroatoms. The van der Waals surface area contributed by atoms with Gasteiger partial charge in [0.05, 0.1) is 19.3 Å². The number of esters is 1. The van der Waals surface area contributed by atoms with E-state index < -0.39 is 12.1 Å². The maximum absolute atomic E-state index is 12.8. The summed E-state index contributed by atoms with van der Waals surface area (Å²) in [5, 5.41) is 0. The van der Waals surface area contributed by atoms with Crippen LogP contribution in [-0.4, -0.2) is 31.6 Å². The summed E-state index contributed by atoms with van der Waals surface area (Å²) in [6.07, 6.45) is 0.873. The number of halogens is 1. The van der Waals surface area contributed by atoms with Crippen molar-refractivity contribution in [1.82, 2.24) is 0 Å². The molecule has 0 aromatic heterocycles. The van der Waals surface area contributed by atoms with Crippen LogP contribution in [0.3, 0.4) is 0 Å². The number of allylic oxidation sites excluding steroid dienone is 1. The Morgan fingerprint density at radius 2 is 1.97 bits per heavy atom. The fourth-order valence-corrected chi connectivity index (χ4v) is 3.33. The summed E-state index contributed by atoms with van der Waals surface area (Å²) in [7, 11) is 1.57. The average molecular weight is 461 g/mol. The first-order valence-corrected chi connectivity index (χ1v) is 9.89. The molecule has 0 bridgehead atoms. The van der Waals surface area contributed by atoms with E-state index in [-0.39, 0.29) is 18.1 Å². The molecule has 1 aliphatic heterocycles. The first-order chi connectivity index (χ1) is 13.8. The van der Waals surface area contributed by atoms with Crippen molar-refractivity contribution in [2.75, 3.05) is 13.7 Å². The molecule has 29 heavy (non-hydrogen) atoms. The quantitative estimate of drug-likeness (QED) is 0.458. The molecule has 0 N–H and O–H groups in total. The van der Waals surface area contributed by atoms with Crippen LogP contribution < -0.4 is 14.2 Å². The zero-order chi connectivity index (χ0) is 21.1. The van der Waals surface area contributed by atoms with Crippen LogP contribution in [0.1, 0.15) is 35.3 Å². The molecule has 2 aromatic carbocycles. The van der Waals surface area contributed by atoms with Gasteiger partial charge < -0.3 is 18.9 Å². The van der Waals surface area contributed by atoms with Gasteiger partial charge in [-0.05, 0) is 57.2 Å². The highest BCUT2D eigenvalue weighted by atomic mass is 79.9. The first-order valence-electron chi connectivity index (χ1n) is 9.10. The van der Waals surface area contributed by atoms with E-state index in [1.807, 2.05) is 12.1 Å². The maximum atomic E-state index is 12.8. The van der Waals surface area contributed by atoms with Gasteiger partial charge in [0.2, 0.25) is 5.78 Å². The highest BCUT2D eigenvalue weighted by molar-refractivity contribution is 9.10. The van der Waals surface area contributed by atoms with E-state index >= 15 is 0 Å². The largest absolute Gasteiger partial charge is 0.496 e. The Hall–Kier alpha value is -2.80. The number of carbonyl (C=O) groups excluding carboxylic acids is 2. The lowest BCUT2D eigenvalue weighted by molar-refractivity contribution is -0.150. The van der Waals surface area contributed by atoms with Crippen molar-refractivity contribution in [2.45, 2.75) is 26.9 Å². The normalized spacial score (nSPS) is 14.9. The predicted octanol–water partition coefficient (Wildman–Crippen LogP) is 4.71. The van der Waals surface area contributed by atoms with Crippen molar-refractivity contribution in [2.24, 2.45) is 0 Å². The van der Waals surface area contributed by atoms with Crippen molar-refractivity contribution in [1.29, 1.82) is 0 Å². The van der Waals surface area contributed by atoms with Gasteiger partial charge in [0.15, 0.2) is 11.9 Å². The third-order valence-electron chi connectivity index (χ3n) is 4.44. The molecule has 1 unspecified atom stereocenters. The van der Waals surface area contributed by atoms with Gasteiger partial charge in [-0.1, -0.05) is 15.9 Å². The second kappa shape index (κ2) is 8.69. The molecular weight excluding hydrogens is 440 g/mol. The minimum Gasteiger partial charge on any atom is -0.496 e. The van der Waals surface area contributed by atoms with Crippen LogP contribution in [0.15, 0.2) is 40.6 Å². The number of ketones is 1. The number of carbonyl (C=O) groups is 2. The summed E-state index contributed by atoms with van der Waals surface area (Å²) in [5.41, 5.74) is 1.79. The highest BCUT2D eigenvalue weighted by Gasteiger charge is 2.31. The van der Waals surface area contributed by atoms with Crippen LogP contribution in [0.25, 0.3) is 6.08 Å². The summed E-state index contributed by atoms with van der Waals surface area (Å²) in [6, 6.07) is 8.79. The number of Topliss-reactive ketones (excluding diaryl/α,β-unsaturated/α-hetero) is 1. The van der Waals surface area contributed by atoms with Crippen molar-refractivity contribution in [3.8, 4) is 17.2 Å². The van der Waals surface area contributed by atoms with E-state index in [0.29, 0.717) is 33.9 Å². The van der Waals surface area contributed by atoms with Gasteiger partial charge in [-0.25, -0.2) is 4.79 Å². The van der Waals surface area contributed by atoms with Gasteiger partial charge in [0.25, 0.3) is 0 Å². The Balaban J connectivity index is 1.90. The third-order valence-corrected chi connectivity index (χ3v) is 4.93. The molecule has 1 atom stereocenters. The smallest absolute Gasteiger partial charge is 0.347 e. The van der Waals surface area contributed by atoms with E-state index in [1.165, 1.54) is 0 Å². The van der Waals surface area contributed by atoms with E-state index in [0.717, 1.165) is 4.47 Å². The SMILES string of the molecule is CCOC(=O)C(C)Oc1ccc2c(c1C)O/C(=C\c1cc(Br)ccc1OC)C2=O. The van der Waals surface area contributed by atoms with Crippen molar-refractivity contribution in [3.63, 3.8) is 0 Å². The minimum atomic E-state index is -0.773. The van der Waals surface area contributed by atoms with Crippen molar-refractivity contribution >= 4 is 33.8 Å². The number of hydrogen-bond acceptors (Lipinski definition) is 6. The molecule has 1 aliphatic rings. The fraction of sp³-hybridized carbons (Fsp3) is 0.273. The summed E-state index contributed by atoms with van der Waals surface area (Å²) < 4.78 is 22.8. The zero-order valence-electron chi connectivity index (χ0n) is 16.6. The number of ether oxygens (including phenoxy) is 4. The molecule has 152 valence electrons. The number of benzene rings is 2. The topological polar surface area (TPSA) is 71.1 Å². The highest BCUT2D eigenvalue weighted by Crippen LogP contribution is 2.40. The van der Waals surface area contributed by atoms with E-state index in [9.17, 15) is 9.59 Å². The Labute approximate surface area is 177 Å². The van der Waals surface area contributed by atoms with Gasteiger partial charge in [-0.15, -0.1) is 0 Å². The Bertz CT molecular complexity index is 995. The lowest BCUT2D eigenvalue weighted by atomic mass is 10.1.